The average molecular weight is 212 g/mol. The van der Waals surface area contributed by atoms with Crippen LogP contribution < -0.4 is 0 Å². The fourth-order valence-electron chi connectivity index (χ4n) is 2.16. The van der Waals surface area contributed by atoms with E-state index in [1.165, 1.54) is 0 Å². The van der Waals surface area contributed by atoms with Crippen molar-refractivity contribution in [2.75, 3.05) is 0 Å². The van der Waals surface area contributed by atoms with Gasteiger partial charge in [-0.05, 0) is 39.0 Å². The van der Waals surface area contributed by atoms with Gasteiger partial charge in [-0.3, -0.25) is 4.79 Å². The number of hydrogen-bond acceptors (Lipinski definition) is 3. The molecule has 86 valence electrons. The molecule has 0 saturated heterocycles. The third-order valence-electron chi connectivity index (χ3n) is 3.00. The lowest BCUT2D eigenvalue weighted by Crippen LogP contribution is -2.33. The molecule has 1 aliphatic rings. The first-order valence-electron chi connectivity index (χ1n) is 5.70. The van der Waals surface area contributed by atoms with E-state index in [2.05, 4.69) is 6.92 Å². The molecule has 3 nitrogen and oxygen atoms in total. The largest absolute Gasteiger partial charge is 0.463 e. The van der Waals surface area contributed by atoms with E-state index in [0.29, 0.717) is 5.92 Å². The van der Waals surface area contributed by atoms with Crippen LogP contribution in [0.1, 0.15) is 40.0 Å². The van der Waals surface area contributed by atoms with Crippen LogP contribution in [0.3, 0.4) is 0 Å². The number of hydrogen-bond donors (Lipinski definition) is 0. The molecule has 1 rings (SSSR count). The minimum Gasteiger partial charge on any atom is -0.463 e. The molecular weight excluding hydrogens is 192 g/mol. The average Bonchev–Trinajstić information content (AvgIpc) is 2.16. The van der Waals surface area contributed by atoms with Gasteiger partial charge in [0.2, 0.25) is 0 Å². The van der Waals surface area contributed by atoms with Crippen molar-refractivity contribution in [2.24, 2.45) is 17.8 Å². The van der Waals surface area contributed by atoms with E-state index >= 15 is 0 Å². The zero-order valence-electron chi connectivity index (χ0n) is 9.73. The van der Waals surface area contributed by atoms with Crippen LogP contribution in [0.2, 0.25) is 0 Å². The van der Waals surface area contributed by atoms with Crippen molar-refractivity contribution in [1.82, 2.24) is 0 Å². The number of rotatable bonds is 3. The van der Waals surface area contributed by atoms with Gasteiger partial charge < -0.3 is 9.53 Å². The number of ether oxygens (including phenoxy) is 1. The van der Waals surface area contributed by atoms with Crippen LogP contribution in [0.15, 0.2) is 0 Å². The maximum absolute atomic E-state index is 11.7. The maximum atomic E-state index is 11.7. The van der Waals surface area contributed by atoms with Crippen LogP contribution in [0.25, 0.3) is 0 Å². The Morgan fingerprint density at radius 1 is 1.40 bits per heavy atom. The standard InChI is InChI=1S/C12H20O3/c1-8(2)15-12(14)11-6-9(3)4-5-10(11)7-13/h7-11H,4-6H2,1-3H3. The van der Waals surface area contributed by atoms with Crippen molar-refractivity contribution in [3.63, 3.8) is 0 Å². The smallest absolute Gasteiger partial charge is 0.309 e. The summed E-state index contributed by atoms with van der Waals surface area (Å²) in [4.78, 5) is 22.6. The number of aldehydes is 1. The molecule has 1 aliphatic carbocycles. The molecule has 0 N–H and O–H groups in total. The summed E-state index contributed by atoms with van der Waals surface area (Å²) in [5, 5.41) is 0. The van der Waals surface area contributed by atoms with Gasteiger partial charge in [0.05, 0.1) is 12.0 Å². The van der Waals surface area contributed by atoms with Crippen LogP contribution in [0.5, 0.6) is 0 Å². The molecule has 0 amide bonds. The Bertz CT molecular complexity index is 235. The van der Waals surface area contributed by atoms with Gasteiger partial charge in [0.1, 0.15) is 6.29 Å². The van der Waals surface area contributed by atoms with Crippen molar-refractivity contribution in [1.29, 1.82) is 0 Å². The van der Waals surface area contributed by atoms with Crippen LogP contribution in [-0.2, 0) is 14.3 Å². The molecule has 3 atom stereocenters. The second kappa shape index (κ2) is 5.29. The first-order valence-corrected chi connectivity index (χ1v) is 5.70. The second-order valence-corrected chi connectivity index (χ2v) is 4.81. The molecule has 1 fully saturated rings. The van der Waals surface area contributed by atoms with Crippen LogP contribution in [-0.4, -0.2) is 18.4 Å². The monoisotopic (exact) mass is 212 g/mol. The summed E-state index contributed by atoms with van der Waals surface area (Å²) in [6.45, 7) is 5.79. The van der Waals surface area contributed by atoms with Gasteiger partial charge in [-0.2, -0.15) is 0 Å². The van der Waals surface area contributed by atoms with Gasteiger partial charge in [0, 0.05) is 5.92 Å². The van der Waals surface area contributed by atoms with Crippen molar-refractivity contribution in [2.45, 2.75) is 46.1 Å². The predicted octanol–water partition coefficient (Wildman–Crippen LogP) is 2.19. The molecule has 1 saturated carbocycles. The summed E-state index contributed by atoms with van der Waals surface area (Å²) in [7, 11) is 0. The highest BCUT2D eigenvalue weighted by atomic mass is 16.5. The molecule has 3 heteroatoms. The van der Waals surface area contributed by atoms with Crippen molar-refractivity contribution in [3.8, 4) is 0 Å². The molecule has 0 aromatic rings. The Labute approximate surface area is 91.2 Å². The van der Waals surface area contributed by atoms with Crippen molar-refractivity contribution < 1.29 is 14.3 Å². The summed E-state index contributed by atoms with van der Waals surface area (Å²) in [5.41, 5.74) is 0. The maximum Gasteiger partial charge on any atom is 0.309 e. The topological polar surface area (TPSA) is 43.4 Å². The van der Waals surface area contributed by atoms with E-state index in [1.807, 2.05) is 13.8 Å². The number of carbonyl (C=O) groups excluding carboxylic acids is 2. The van der Waals surface area contributed by atoms with Crippen molar-refractivity contribution in [3.05, 3.63) is 0 Å². The zero-order valence-corrected chi connectivity index (χ0v) is 9.73. The van der Waals surface area contributed by atoms with Crippen LogP contribution >= 0.6 is 0 Å². The van der Waals surface area contributed by atoms with E-state index in [9.17, 15) is 9.59 Å². The van der Waals surface area contributed by atoms with Crippen molar-refractivity contribution >= 4 is 12.3 Å². The van der Waals surface area contributed by atoms with Crippen LogP contribution in [0, 0.1) is 17.8 Å². The minimum atomic E-state index is -0.214. The van der Waals surface area contributed by atoms with E-state index in [0.717, 1.165) is 25.5 Å². The Morgan fingerprint density at radius 3 is 2.60 bits per heavy atom. The molecule has 0 aromatic heterocycles. The lowest BCUT2D eigenvalue weighted by atomic mass is 9.75. The quantitative estimate of drug-likeness (QED) is 0.532. The first kappa shape index (κ1) is 12.2. The molecule has 0 heterocycles. The first-order chi connectivity index (χ1) is 7.04. The minimum absolute atomic E-state index is 0.0953. The van der Waals surface area contributed by atoms with E-state index in [-0.39, 0.29) is 23.9 Å². The summed E-state index contributed by atoms with van der Waals surface area (Å²) in [5.74, 6) is -0.0272. The number of carbonyl (C=O) groups is 2. The van der Waals surface area contributed by atoms with Gasteiger partial charge in [-0.25, -0.2) is 0 Å². The van der Waals surface area contributed by atoms with Gasteiger partial charge >= 0.3 is 5.97 Å². The number of esters is 1. The Balaban J connectivity index is 2.62. The third-order valence-corrected chi connectivity index (χ3v) is 3.00. The Morgan fingerprint density at radius 2 is 2.07 bits per heavy atom. The second-order valence-electron chi connectivity index (χ2n) is 4.81. The van der Waals surface area contributed by atoms with Crippen LogP contribution in [0.4, 0.5) is 0 Å². The Kier molecular flexibility index (Phi) is 4.30. The fraction of sp³-hybridized carbons (Fsp3) is 0.833. The highest BCUT2D eigenvalue weighted by Crippen LogP contribution is 2.33. The third kappa shape index (κ3) is 3.33. The Hall–Kier alpha value is -0.860. The molecule has 0 spiro atoms. The molecule has 15 heavy (non-hydrogen) atoms. The molecule has 0 bridgehead atoms. The normalized spacial score (nSPS) is 31.3. The van der Waals surface area contributed by atoms with E-state index in [4.69, 9.17) is 4.74 Å². The summed E-state index contributed by atoms with van der Waals surface area (Å²) in [6.07, 6.45) is 3.46. The SMILES string of the molecule is CC1CCC(C=O)C(C(=O)OC(C)C)C1. The predicted molar refractivity (Wildman–Crippen MR) is 57.3 cm³/mol. The molecular formula is C12H20O3. The van der Waals surface area contributed by atoms with Gasteiger partial charge in [-0.15, -0.1) is 0 Å². The highest BCUT2D eigenvalue weighted by molar-refractivity contribution is 5.77. The fourth-order valence-corrected chi connectivity index (χ4v) is 2.16. The van der Waals surface area contributed by atoms with E-state index in [1.54, 1.807) is 0 Å². The molecule has 0 radical (unpaired) electrons. The summed E-state index contributed by atoms with van der Waals surface area (Å²) >= 11 is 0. The zero-order chi connectivity index (χ0) is 11.4. The lowest BCUT2D eigenvalue weighted by molar-refractivity contribution is -0.157. The van der Waals surface area contributed by atoms with Gasteiger partial charge in [0.15, 0.2) is 0 Å². The lowest BCUT2D eigenvalue weighted by Gasteiger charge is -2.30. The summed E-state index contributed by atoms with van der Waals surface area (Å²) < 4.78 is 5.17. The van der Waals surface area contributed by atoms with Gasteiger partial charge in [-0.1, -0.05) is 6.92 Å². The van der Waals surface area contributed by atoms with Gasteiger partial charge in [0.25, 0.3) is 0 Å². The molecule has 3 unspecified atom stereocenters. The molecule has 0 aromatic carbocycles. The summed E-state index contributed by atoms with van der Waals surface area (Å²) in [6, 6.07) is 0. The molecule has 0 aliphatic heterocycles. The van der Waals surface area contributed by atoms with E-state index < -0.39 is 0 Å². The highest BCUT2D eigenvalue weighted by Gasteiger charge is 2.34.